The number of carboxylic acids is 1. The van der Waals surface area contributed by atoms with Gasteiger partial charge in [-0.3, -0.25) is 9.59 Å². The van der Waals surface area contributed by atoms with Crippen LogP contribution in [0.3, 0.4) is 0 Å². The van der Waals surface area contributed by atoms with Crippen LogP contribution in [0.1, 0.15) is 6.42 Å². The second-order valence-corrected chi connectivity index (χ2v) is 1.88. The molecule has 1 aliphatic rings. The second-order valence-electron chi connectivity index (χ2n) is 1.88. The molecular formula is C5H4N2O4. The topological polar surface area (TPSA) is 95.8 Å². The molecule has 0 saturated carbocycles. The third-order valence-corrected chi connectivity index (χ3v) is 1.01. The summed E-state index contributed by atoms with van der Waals surface area (Å²) in [6.45, 7) is 0. The van der Waals surface area contributed by atoms with Crippen LogP contribution in [-0.4, -0.2) is 28.7 Å². The van der Waals surface area contributed by atoms with E-state index in [4.69, 9.17) is 5.11 Å². The Bertz CT molecular complexity index is 268. The number of aliphatic imine (C=N–C) groups is 1. The summed E-state index contributed by atoms with van der Waals surface area (Å²) in [7, 11) is 0. The highest BCUT2D eigenvalue weighted by Crippen LogP contribution is 1.93. The summed E-state index contributed by atoms with van der Waals surface area (Å²) < 4.78 is 0. The molecule has 11 heavy (non-hydrogen) atoms. The highest BCUT2D eigenvalue weighted by Gasteiger charge is 2.22. The number of hydrogen-bond acceptors (Lipinski definition) is 3. The van der Waals surface area contributed by atoms with Crippen molar-refractivity contribution in [3.63, 3.8) is 0 Å². The number of nitrogens with zero attached hydrogens (tertiary/aromatic N) is 1. The van der Waals surface area contributed by atoms with E-state index < -0.39 is 23.6 Å². The summed E-state index contributed by atoms with van der Waals surface area (Å²) in [5.41, 5.74) is 0. The van der Waals surface area contributed by atoms with Crippen LogP contribution in [0.5, 0.6) is 0 Å². The first-order valence-corrected chi connectivity index (χ1v) is 2.74. The Morgan fingerprint density at radius 1 is 1.55 bits per heavy atom. The van der Waals surface area contributed by atoms with E-state index in [0.29, 0.717) is 0 Å². The highest BCUT2D eigenvalue weighted by atomic mass is 16.4. The van der Waals surface area contributed by atoms with Gasteiger partial charge in [-0.15, -0.1) is 0 Å². The molecule has 0 atom stereocenters. The highest BCUT2D eigenvalue weighted by molar-refractivity contribution is 6.41. The molecule has 0 aliphatic carbocycles. The zero-order chi connectivity index (χ0) is 8.43. The Morgan fingerprint density at radius 3 is 2.64 bits per heavy atom. The van der Waals surface area contributed by atoms with Gasteiger partial charge in [0, 0.05) is 0 Å². The van der Waals surface area contributed by atoms with Crippen LogP contribution in [0.25, 0.3) is 0 Å². The summed E-state index contributed by atoms with van der Waals surface area (Å²) >= 11 is 0. The van der Waals surface area contributed by atoms with Crippen LogP contribution < -0.4 is 5.32 Å². The minimum absolute atomic E-state index is 0.378. The van der Waals surface area contributed by atoms with Crippen molar-refractivity contribution in [3.05, 3.63) is 0 Å². The fourth-order valence-corrected chi connectivity index (χ4v) is 0.607. The van der Waals surface area contributed by atoms with Crippen LogP contribution in [0, 0.1) is 0 Å². The van der Waals surface area contributed by atoms with Gasteiger partial charge in [0.2, 0.25) is 11.7 Å². The molecule has 0 unspecified atom stereocenters. The van der Waals surface area contributed by atoms with Crippen molar-refractivity contribution in [2.45, 2.75) is 6.42 Å². The maximum atomic E-state index is 10.5. The van der Waals surface area contributed by atoms with Crippen LogP contribution in [0.4, 0.5) is 0 Å². The number of carbonyl (C=O) groups is 3. The summed E-state index contributed by atoms with van der Waals surface area (Å²) in [4.78, 5) is 34.2. The Labute approximate surface area is 60.9 Å². The van der Waals surface area contributed by atoms with Crippen LogP contribution in [-0.2, 0) is 14.4 Å². The lowest BCUT2D eigenvalue weighted by molar-refractivity contribution is -0.133. The third-order valence-electron chi connectivity index (χ3n) is 1.01. The predicted octanol–water partition coefficient (Wildman–Crippen LogP) is -1.48. The van der Waals surface area contributed by atoms with Crippen LogP contribution in [0.15, 0.2) is 4.99 Å². The molecule has 2 N–H and O–H groups in total. The number of carboxylic acid groups (broad SMARTS) is 1. The monoisotopic (exact) mass is 156 g/mol. The summed E-state index contributed by atoms with van der Waals surface area (Å²) in [6.07, 6.45) is -0.378. The zero-order valence-corrected chi connectivity index (χ0v) is 5.33. The van der Waals surface area contributed by atoms with Gasteiger partial charge in [0.25, 0.3) is 5.91 Å². The Kier molecular flexibility index (Phi) is 1.67. The van der Waals surface area contributed by atoms with Gasteiger partial charge in [-0.05, 0) is 0 Å². The van der Waals surface area contributed by atoms with Crippen molar-refractivity contribution in [2.24, 2.45) is 4.99 Å². The van der Waals surface area contributed by atoms with E-state index in [1.54, 1.807) is 0 Å². The number of hydrogen-bond donors (Lipinski definition) is 2. The molecule has 0 aromatic carbocycles. The summed E-state index contributed by atoms with van der Waals surface area (Å²) in [5, 5.41) is 10.2. The van der Waals surface area contributed by atoms with Crippen LogP contribution >= 0.6 is 0 Å². The van der Waals surface area contributed by atoms with E-state index in [1.807, 2.05) is 5.32 Å². The van der Waals surface area contributed by atoms with E-state index in [-0.39, 0.29) is 6.42 Å². The first kappa shape index (κ1) is 7.39. The van der Waals surface area contributed by atoms with E-state index in [2.05, 4.69) is 4.99 Å². The molecule has 0 aromatic heterocycles. The second kappa shape index (κ2) is 2.49. The standard InChI is InChI=1S/C5H4N2O4/c8-2-1-3(9)7-4(6-2)5(10)11/h1H2,(H,10,11)(H,6,7,8,9). The summed E-state index contributed by atoms with van der Waals surface area (Å²) in [6, 6.07) is 0. The lowest BCUT2D eigenvalue weighted by Crippen LogP contribution is -2.41. The fraction of sp³-hybridized carbons (Fsp3) is 0.200. The molecule has 0 bridgehead atoms. The van der Waals surface area contributed by atoms with Gasteiger partial charge in [0.05, 0.1) is 0 Å². The van der Waals surface area contributed by atoms with E-state index in [0.717, 1.165) is 0 Å². The van der Waals surface area contributed by atoms with Gasteiger partial charge in [-0.25, -0.2) is 4.79 Å². The van der Waals surface area contributed by atoms with Gasteiger partial charge in [-0.2, -0.15) is 4.99 Å². The van der Waals surface area contributed by atoms with Crippen molar-refractivity contribution in [1.29, 1.82) is 0 Å². The molecule has 2 amide bonds. The smallest absolute Gasteiger partial charge is 0.372 e. The third kappa shape index (κ3) is 1.60. The lowest BCUT2D eigenvalue weighted by Gasteiger charge is -2.07. The minimum Gasteiger partial charge on any atom is -0.475 e. The van der Waals surface area contributed by atoms with Crippen molar-refractivity contribution in [2.75, 3.05) is 0 Å². The normalized spacial score (nSPS) is 17.3. The number of carbonyl (C=O) groups excluding carboxylic acids is 2. The largest absolute Gasteiger partial charge is 0.475 e. The Morgan fingerprint density at radius 2 is 2.18 bits per heavy atom. The van der Waals surface area contributed by atoms with E-state index in [9.17, 15) is 14.4 Å². The van der Waals surface area contributed by atoms with E-state index >= 15 is 0 Å². The predicted molar refractivity (Wildman–Crippen MR) is 32.8 cm³/mol. The van der Waals surface area contributed by atoms with Gasteiger partial charge in [0.1, 0.15) is 6.42 Å². The first-order chi connectivity index (χ1) is 5.09. The average molecular weight is 156 g/mol. The van der Waals surface area contributed by atoms with Gasteiger partial charge >= 0.3 is 5.97 Å². The quantitative estimate of drug-likeness (QED) is 0.452. The van der Waals surface area contributed by atoms with Crippen molar-refractivity contribution in [1.82, 2.24) is 5.32 Å². The number of nitrogens with one attached hydrogen (secondary N) is 1. The molecule has 0 fully saturated rings. The molecule has 0 radical (unpaired) electrons. The molecule has 6 nitrogen and oxygen atoms in total. The molecule has 1 heterocycles. The molecular weight excluding hydrogens is 152 g/mol. The summed E-state index contributed by atoms with van der Waals surface area (Å²) in [5.74, 6) is -3.38. The lowest BCUT2D eigenvalue weighted by atomic mass is 10.3. The van der Waals surface area contributed by atoms with E-state index in [1.165, 1.54) is 0 Å². The molecule has 0 aromatic rings. The van der Waals surface area contributed by atoms with Crippen molar-refractivity contribution < 1.29 is 19.5 Å². The van der Waals surface area contributed by atoms with Crippen LogP contribution in [0.2, 0.25) is 0 Å². The zero-order valence-electron chi connectivity index (χ0n) is 5.33. The Balaban J connectivity index is 2.89. The van der Waals surface area contributed by atoms with Gasteiger partial charge in [0.15, 0.2) is 0 Å². The minimum atomic E-state index is -1.41. The number of rotatable bonds is 1. The number of aliphatic carboxylic acids is 1. The van der Waals surface area contributed by atoms with Gasteiger partial charge in [-0.1, -0.05) is 0 Å². The molecule has 1 aliphatic heterocycles. The molecule has 6 heteroatoms. The molecule has 1 rings (SSSR count). The van der Waals surface area contributed by atoms with Crippen molar-refractivity contribution in [3.8, 4) is 0 Å². The number of amides is 2. The molecule has 0 saturated heterocycles. The first-order valence-electron chi connectivity index (χ1n) is 2.74. The SMILES string of the molecule is O=C1CC(=O)NC(C(=O)O)=N1. The maximum absolute atomic E-state index is 10.5. The van der Waals surface area contributed by atoms with Gasteiger partial charge < -0.3 is 10.4 Å². The molecule has 58 valence electrons. The fourth-order valence-electron chi connectivity index (χ4n) is 0.607. The molecule has 0 spiro atoms. The maximum Gasteiger partial charge on any atom is 0.372 e. The van der Waals surface area contributed by atoms with Crippen molar-refractivity contribution >= 4 is 23.6 Å². The Hall–Kier alpha value is -1.72. The average Bonchev–Trinajstić information content (AvgIpc) is 1.85. The number of amidine groups is 1.